The van der Waals surface area contributed by atoms with Gasteiger partial charge in [0, 0.05) is 40.7 Å². The highest BCUT2D eigenvalue weighted by molar-refractivity contribution is 7.99. The minimum absolute atomic E-state index is 0.133. The van der Waals surface area contributed by atoms with Crippen molar-refractivity contribution in [3.63, 3.8) is 0 Å². The number of nitrogens with one attached hydrogen (secondary N) is 1. The maximum atomic E-state index is 14.1. The van der Waals surface area contributed by atoms with E-state index in [0.29, 0.717) is 22.8 Å². The molecule has 0 aliphatic heterocycles. The van der Waals surface area contributed by atoms with Crippen molar-refractivity contribution in [2.75, 3.05) is 5.32 Å². The first-order valence-electron chi connectivity index (χ1n) is 10.9. The summed E-state index contributed by atoms with van der Waals surface area (Å²) < 4.78 is 43.9. The Kier molecular flexibility index (Phi) is 6.98. The molecule has 0 aliphatic rings. The van der Waals surface area contributed by atoms with Gasteiger partial charge in [0.15, 0.2) is 0 Å². The van der Waals surface area contributed by atoms with E-state index in [1.54, 1.807) is 35.2 Å². The SMILES string of the molecule is CC(=O)Nc1ccn(-c2cc(-c3ccc(Sc4ccccc4C(C)C)c(C(F)(F)F)c3)ncn2)c1. The number of carbonyl (C=O) groups is 1. The lowest BCUT2D eigenvalue weighted by Gasteiger charge is -2.17. The van der Waals surface area contributed by atoms with Crippen LogP contribution < -0.4 is 5.32 Å². The van der Waals surface area contributed by atoms with Gasteiger partial charge in [0.05, 0.1) is 16.9 Å². The van der Waals surface area contributed by atoms with E-state index in [0.717, 1.165) is 28.3 Å². The average Bonchev–Trinajstić information content (AvgIpc) is 3.27. The molecule has 0 unspecified atom stereocenters. The Labute approximate surface area is 205 Å². The third kappa shape index (κ3) is 5.74. The van der Waals surface area contributed by atoms with Gasteiger partial charge in [-0.05, 0) is 35.7 Å². The number of hydrogen-bond acceptors (Lipinski definition) is 4. The Balaban J connectivity index is 1.70. The molecule has 9 heteroatoms. The standard InChI is InChI=1S/C26H23F3N4OS/c1-16(2)20-6-4-5-7-23(20)35-24-9-8-18(12-21(24)26(27,28)29)22-13-25(31-15-30-22)33-11-10-19(14-33)32-17(3)34/h4-16H,1-3H3,(H,32,34). The van der Waals surface area contributed by atoms with E-state index in [9.17, 15) is 18.0 Å². The molecule has 2 heterocycles. The second-order valence-corrected chi connectivity index (χ2v) is 9.34. The Morgan fingerprint density at radius 3 is 2.51 bits per heavy atom. The number of halogens is 3. The molecule has 0 radical (unpaired) electrons. The third-order valence-electron chi connectivity index (χ3n) is 5.27. The Bertz CT molecular complexity index is 1360. The molecule has 2 aromatic carbocycles. The molecule has 1 amide bonds. The molecule has 0 spiro atoms. The van der Waals surface area contributed by atoms with Crippen molar-refractivity contribution < 1.29 is 18.0 Å². The van der Waals surface area contributed by atoms with E-state index in [-0.39, 0.29) is 16.7 Å². The van der Waals surface area contributed by atoms with Crippen LogP contribution in [0.5, 0.6) is 0 Å². The van der Waals surface area contributed by atoms with Crippen molar-refractivity contribution in [1.82, 2.24) is 14.5 Å². The van der Waals surface area contributed by atoms with E-state index < -0.39 is 11.7 Å². The Morgan fingerprint density at radius 1 is 1.03 bits per heavy atom. The maximum Gasteiger partial charge on any atom is 0.417 e. The molecule has 0 fully saturated rings. The number of rotatable bonds is 6. The predicted octanol–water partition coefficient (Wildman–Crippen LogP) is 7.19. The van der Waals surface area contributed by atoms with E-state index in [1.807, 2.05) is 38.1 Å². The second kappa shape index (κ2) is 9.95. The minimum Gasteiger partial charge on any atom is -0.325 e. The average molecular weight is 497 g/mol. The number of amides is 1. The summed E-state index contributed by atoms with van der Waals surface area (Å²) in [4.78, 5) is 20.6. The normalized spacial score (nSPS) is 11.6. The van der Waals surface area contributed by atoms with Gasteiger partial charge in [0.1, 0.15) is 12.1 Å². The quantitative estimate of drug-likeness (QED) is 0.307. The summed E-state index contributed by atoms with van der Waals surface area (Å²) in [6.07, 6.45) is 0.136. The number of alkyl halides is 3. The van der Waals surface area contributed by atoms with Crippen molar-refractivity contribution in [3.05, 3.63) is 84.4 Å². The highest BCUT2D eigenvalue weighted by Gasteiger charge is 2.34. The summed E-state index contributed by atoms with van der Waals surface area (Å²) >= 11 is 1.12. The first-order valence-corrected chi connectivity index (χ1v) is 11.7. The summed E-state index contributed by atoms with van der Waals surface area (Å²) in [5, 5.41) is 2.67. The zero-order chi connectivity index (χ0) is 25.2. The minimum atomic E-state index is -4.53. The van der Waals surface area contributed by atoms with Crippen LogP contribution in [-0.4, -0.2) is 20.4 Å². The zero-order valence-corrected chi connectivity index (χ0v) is 20.1. The van der Waals surface area contributed by atoms with Crippen LogP contribution in [0.4, 0.5) is 18.9 Å². The van der Waals surface area contributed by atoms with Gasteiger partial charge in [-0.15, -0.1) is 0 Å². The second-order valence-electron chi connectivity index (χ2n) is 8.25. The number of nitrogens with zero attached hydrogens (tertiary/aromatic N) is 3. The van der Waals surface area contributed by atoms with Crippen molar-refractivity contribution in [2.24, 2.45) is 0 Å². The fourth-order valence-corrected chi connectivity index (χ4v) is 4.86. The number of anilines is 1. The molecule has 2 aromatic heterocycles. The van der Waals surface area contributed by atoms with Crippen molar-refractivity contribution in [2.45, 2.75) is 42.7 Å². The molecular weight excluding hydrogens is 473 g/mol. The lowest BCUT2D eigenvalue weighted by Crippen LogP contribution is -2.07. The highest BCUT2D eigenvalue weighted by Crippen LogP contribution is 2.43. The van der Waals surface area contributed by atoms with Gasteiger partial charge in [-0.3, -0.25) is 4.79 Å². The lowest BCUT2D eigenvalue weighted by molar-refractivity contribution is -0.139. The van der Waals surface area contributed by atoms with Crippen molar-refractivity contribution in [3.8, 4) is 17.1 Å². The van der Waals surface area contributed by atoms with Crippen LogP contribution in [-0.2, 0) is 11.0 Å². The van der Waals surface area contributed by atoms with Crippen LogP contribution in [0, 0.1) is 0 Å². The summed E-state index contributed by atoms with van der Waals surface area (Å²) in [5.74, 6) is 0.441. The third-order valence-corrected chi connectivity index (χ3v) is 6.44. The fourth-order valence-electron chi connectivity index (χ4n) is 3.63. The van der Waals surface area contributed by atoms with Gasteiger partial charge >= 0.3 is 6.18 Å². The predicted molar refractivity (Wildman–Crippen MR) is 131 cm³/mol. The molecular formula is C26H23F3N4OS. The van der Waals surface area contributed by atoms with Crippen LogP contribution in [0.2, 0.25) is 0 Å². The van der Waals surface area contributed by atoms with Crippen LogP contribution in [0.15, 0.2) is 83.1 Å². The van der Waals surface area contributed by atoms with Gasteiger partial charge in [0.2, 0.25) is 5.91 Å². The van der Waals surface area contributed by atoms with Crippen LogP contribution in [0.25, 0.3) is 17.1 Å². The molecule has 180 valence electrons. The van der Waals surface area contributed by atoms with E-state index in [4.69, 9.17) is 0 Å². The maximum absolute atomic E-state index is 14.1. The van der Waals surface area contributed by atoms with Gasteiger partial charge < -0.3 is 9.88 Å². The zero-order valence-electron chi connectivity index (χ0n) is 19.3. The highest BCUT2D eigenvalue weighted by atomic mass is 32.2. The van der Waals surface area contributed by atoms with Crippen LogP contribution in [0.1, 0.15) is 37.8 Å². The van der Waals surface area contributed by atoms with Crippen LogP contribution >= 0.6 is 11.8 Å². The molecule has 4 rings (SSSR count). The van der Waals surface area contributed by atoms with Crippen molar-refractivity contribution in [1.29, 1.82) is 0 Å². The van der Waals surface area contributed by atoms with Gasteiger partial charge in [-0.25, -0.2) is 9.97 Å². The fraction of sp³-hybridized carbons (Fsp3) is 0.192. The van der Waals surface area contributed by atoms with Gasteiger partial charge in [-0.1, -0.05) is 49.9 Å². The smallest absolute Gasteiger partial charge is 0.325 e. The summed E-state index contributed by atoms with van der Waals surface area (Å²) in [5.41, 5.74) is 1.55. The number of aromatic nitrogens is 3. The molecule has 0 saturated heterocycles. The first-order chi connectivity index (χ1) is 16.6. The monoisotopic (exact) mass is 496 g/mol. The summed E-state index contributed by atoms with van der Waals surface area (Å²) in [7, 11) is 0. The molecule has 0 saturated carbocycles. The number of carbonyl (C=O) groups excluding carboxylic acids is 1. The van der Waals surface area contributed by atoms with E-state index >= 15 is 0 Å². The summed E-state index contributed by atoms with van der Waals surface area (Å²) in [6, 6.07) is 15.1. The molecule has 0 bridgehead atoms. The Morgan fingerprint density at radius 2 is 1.80 bits per heavy atom. The number of hydrogen-bond donors (Lipinski definition) is 1. The molecule has 35 heavy (non-hydrogen) atoms. The number of benzene rings is 2. The summed E-state index contributed by atoms with van der Waals surface area (Å²) in [6.45, 7) is 5.44. The topological polar surface area (TPSA) is 59.8 Å². The first kappa shape index (κ1) is 24.5. The lowest BCUT2D eigenvalue weighted by atomic mass is 10.0. The van der Waals surface area contributed by atoms with Crippen LogP contribution in [0.3, 0.4) is 0 Å². The largest absolute Gasteiger partial charge is 0.417 e. The molecule has 4 aromatic rings. The molecule has 5 nitrogen and oxygen atoms in total. The van der Waals surface area contributed by atoms with Gasteiger partial charge in [-0.2, -0.15) is 13.2 Å². The van der Waals surface area contributed by atoms with E-state index in [2.05, 4.69) is 15.3 Å². The molecule has 1 N–H and O–H groups in total. The van der Waals surface area contributed by atoms with Crippen molar-refractivity contribution >= 4 is 23.4 Å². The Hall–Kier alpha value is -3.59. The van der Waals surface area contributed by atoms with E-state index in [1.165, 1.54) is 19.3 Å². The molecule has 0 aliphatic carbocycles. The van der Waals surface area contributed by atoms with Gasteiger partial charge in [0.25, 0.3) is 0 Å². The molecule has 0 atom stereocenters.